The van der Waals surface area contributed by atoms with Crippen molar-refractivity contribution in [1.29, 1.82) is 0 Å². The second-order valence-electron chi connectivity index (χ2n) is 5.05. The van der Waals surface area contributed by atoms with Crippen LogP contribution in [0.5, 0.6) is 5.75 Å². The van der Waals surface area contributed by atoms with Gasteiger partial charge in [-0.05, 0) is 47.0 Å². The van der Waals surface area contributed by atoms with Gasteiger partial charge in [-0.15, -0.1) is 0 Å². The fourth-order valence-corrected chi connectivity index (χ4v) is 2.53. The lowest BCUT2D eigenvalue weighted by atomic mass is 10.2. The molecule has 0 aliphatic heterocycles. The van der Waals surface area contributed by atoms with E-state index in [1.807, 2.05) is 18.2 Å². The zero-order valence-electron chi connectivity index (χ0n) is 14.7. The summed E-state index contributed by atoms with van der Waals surface area (Å²) in [6.07, 6.45) is 0.919. The predicted molar refractivity (Wildman–Crippen MR) is 101 cm³/mol. The molecule has 0 heterocycles. The predicted octanol–water partition coefficient (Wildman–Crippen LogP) is 2.57. The monoisotopic (exact) mass is 401 g/mol. The number of aliphatic imine (C=N–C) groups is 1. The third-order valence-corrected chi connectivity index (χ3v) is 3.79. The first-order valence-corrected chi connectivity index (χ1v) is 8.91. The van der Waals surface area contributed by atoms with Gasteiger partial charge < -0.3 is 24.8 Å². The average molecular weight is 402 g/mol. The summed E-state index contributed by atoms with van der Waals surface area (Å²) in [4.78, 5) is 4.60. The Kier molecular flexibility index (Phi) is 11.3. The molecule has 0 saturated carbocycles. The first kappa shape index (κ1) is 20.7. The van der Waals surface area contributed by atoms with Crippen LogP contribution in [0, 0.1) is 0 Å². The number of guanidine groups is 1. The fraction of sp³-hybridized carbons (Fsp3) is 0.588. The molecule has 0 amide bonds. The smallest absolute Gasteiger partial charge is 0.191 e. The molecule has 0 spiro atoms. The van der Waals surface area contributed by atoms with Crippen molar-refractivity contribution in [3.05, 3.63) is 28.2 Å². The summed E-state index contributed by atoms with van der Waals surface area (Å²) in [6.45, 7) is 6.26. The van der Waals surface area contributed by atoms with E-state index < -0.39 is 0 Å². The van der Waals surface area contributed by atoms with E-state index in [1.54, 1.807) is 14.2 Å². The highest BCUT2D eigenvalue weighted by atomic mass is 79.9. The Morgan fingerprint density at radius 2 is 2.00 bits per heavy atom. The first-order chi connectivity index (χ1) is 11.7. The summed E-state index contributed by atoms with van der Waals surface area (Å²) in [5.41, 5.74) is 1.11. The highest BCUT2D eigenvalue weighted by Crippen LogP contribution is 2.25. The van der Waals surface area contributed by atoms with Crippen LogP contribution in [-0.2, 0) is 16.0 Å². The van der Waals surface area contributed by atoms with Gasteiger partial charge >= 0.3 is 0 Å². The SMILES string of the molecule is CCNC(=NCc1ccc(OC)c(Br)c1)NCCCOCCOC. The number of ether oxygens (including phenoxy) is 3. The van der Waals surface area contributed by atoms with Crippen LogP contribution in [0.3, 0.4) is 0 Å². The zero-order chi connectivity index (χ0) is 17.6. The Balaban J connectivity index is 2.40. The van der Waals surface area contributed by atoms with Gasteiger partial charge in [0.25, 0.3) is 0 Å². The summed E-state index contributed by atoms with van der Waals surface area (Å²) in [6, 6.07) is 5.97. The van der Waals surface area contributed by atoms with E-state index in [0.717, 1.165) is 41.3 Å². The van der Waals surface area contributed by atoms with E-state index in [0.29, 0.717) is 26.4 Å². The minimum Gasteiger partial charge on any atom is -0.496 e. The van der Waals surface area contributed by atoms with Crippen molar-refractivity contribution in [3.8, 4) is 5.75 Å². The number of hydrogen-bond donors (Lipinski definition) is 2. The van der Waals surface area contributed by atoms with Crippen LogP contribution in [0.4, 0.5) is 0 Å². The standard InChI is InChI=1S/C17H28BrN3O3/c1-4-19-17(20-8-5-9-24-11-10-22-2)21-13-14-6-7-16(23-3)15(18)12-14/h6-7,12H,4-5,8-11,13H2,1-3H3,(H2,19,20,21). The van der Waals surface area contributed by atoms with Crippen molar-refractivity contribution in [3.63, 3.8) is 0 Å². The molecule has 1 aromatic rings. The fourth-order valence-electron chi connectivity index (χ4n) is 1.95. The van der Waals surface area contributed by atoms with Gasteiger partial charge in [-0.3, -0.25) is 0 Å². The van der Waals surface area contributed by atoms with Gasteiger partial charge in [0.1, 0.15) is 5.75 Å². The number of nitrogens with one attached hydrogen (secondary N) is 2. The second-order valence-corrected chi connectivity index (χ2v) is 5.90. The lowest BCUT2D eigenvalue weighted by molar-refractivity contribution is 0.0698. The molecule has 2 N–H and O–H groups in total. The number of rotatable bonds is 11. The maximum Gasteiger partial charge on any atom is 0.191 e. The lowest BCUT2D eigenvalue weighted by Gasteiger charge is -2.12. The van der Waals surface area contributed by atoms with Gasteiger partial charge in [-0.2, -0.15) is 0 Å². The van der Waals surface area contributed by atoms with E-state index in [1.165, 1.54) is 0 Å². The van der Waals surface area contributed by atoms with Crippen LogP contribution in [0.15, 0.2) is 27.7 Å². The molecule has 0 aromatic heterocycles. The van der Waals surface area contributed by atoms with Crippen LogP contribution in [-0.4, -0.2) is 53.1 Å². The van der Waals surface area contributed by atoms with Crippen molar-refractivity contribution in [2.45, 2.75) is 19.9 Å². The number of halogens is 1. The molecule has 0 unspecified atom stereocenters. The largest absolute Gasteiger partial charge is 0.496 e. The molecule has 136 valence electrons. The molecule has 0 aliphatic carbocycles. The van der Waals surface area contributed by atoms with E-state index in [2.05, 4.69) is 38.5 Å². The molecule has 0 atom stereocenters. The molecular formula is C17H28BrN3O3. The summed E-state index contributed by atoms with van der Waals surface area (Å²) in [5, 5.41) is 6.55. The quantitative estimate of drug-likeness (QED) is 0.339. The Hall–Kier alpha value is -1.31. The second kappa shape index (κ2) is 13.0. The van der Waals surface area contributed by atoms with Gasteiger partial charge in [0.05, 0.1) is 31.3 Å². The normalized spacial score (nSPS) is 11.4. The van der Waals surface area contributed by atoms with Crippen LogP contribution in [0.1, 0.15) is 18.9 Å². The van der Waals surface area contributed by atoms with Crippen LogP contribution in [0.25, 0.3) is 0 Å². The Bertz CT molecular complexity index is 498. The van der Waals surface area contributed by atoms with Gasteiger partial charge in [0.15, 0.2) is 5.96 Å². The minimum atomic E-state index is 0.599. The van der Waals surface area contributed by atoms with Crippen molar-refractivity contribution >= 4 is 21.9 Å². The zero-order valence-corrected chi connectivity index (χ0v) is 16.3. The van der Waals surface area contributed by atoms with Gasteiger partial charge in [-0.25, -0.2) is 4.99 Å². The van der Waals surface area contributed by atoms with E-state index >= 15 is 0 Å². The molecule has 0 aliphatic rings. The molecular weight excluding hydrogens is 374 g/mol. The van der Waals surface area contributed by atoms with E-state index in [-0.39, 0.29) is 0 Å². The molecule has 24 heavy (non-hydrogen) atoms. The van der Waals surface area contributed by atoms with Crippen molar-refractivity contribution in [2.24, 2.45) is 4.99 Å². The lowest BCUT2D eigenvalue weighted by Crippen LogP contribution is -2.38. The van der Waals surface area contributed by atoms with Crippen LogP contribution >= 0.6 is 15.9 Å². The highest BCUT2D eigenvalue weighted by molar-refractivity contribution is 9.10. The summed E-state index contributed by atoms with van der Waals surface area (Å²) < 4.78 is 16.5. The third kappa shape index (κ3) is 8.52. The molecule has 0 bridgehead atoms. The van der Waals surface area contributed by atoms with Gasteiger partial charge in [0.2, 0.25) is 0 Å². The minimum absolute atomic E-state index is 0.599. The summed E-state index contributed by atoms with van der Waals surface area (Å²) in [5.74, 6) is 1.63. The van der Waals surface area contributed by atoms with E-state index in [4.69, 9.17) is 14.2 Å². The first-order valence-electron chi connectivity index (χ1n) is 8.12. The maximum absolute atomic E-state index is 5.44. The topological polar surface area (TPSA) is 64.1 Å². The number of methoxy groups -OCH3 is 2. The van der Waals surface area contributed by atoms with Crippen molar-refractivity contribution in [1.82, 2.24) is 10.6 Å². The molecule has 1 rings (SSSR count). The van der Waals surface area contributed by atoms with Gasteiger partial charge in [-0.1, -0.05) is 6.07 Å². The van der Waals surface area contributed by atoms with Crippen molar-refractivity contribution in [2.75, 3.05) is 47.1 Å². The molecule has 0 radical (unpaired) electrons. The van der Waals surface area contributed by atoms with E-state index in [9.17, 15) is 0 Å². The molecule has 0 fully saturated rings. The third-order valence-electron chi connectivity index (χ3n) is 3.17. The molecule has 6 nitrogen and oxygen atoms in total. The van der Waals surface area contributed by atoms with Gasteiger partial charge in [0, 0.05) is 26.8 Å². The number of hydrogen-bond acceptors (Lipinski definition) is 4. The highest BCUT2D eigenvalue weighted by Gasteiger charge is 2.02. The van der Waals surface area contributed by atoms with Crippen molar-refractivity contribution < 1.29 is 14.2 Å². The maximum atomic E-state index is 5.44. The van der Waals surface area contributed by atoms with Crippen LogP contribution in [0.2, 0.25) is 0 Å². The molecule has 0 saturated heterocycles. The Morgan fingerprint density at radius 1 is 1.17 bits per heavy atom. The Morgan fingerprint density at radius 3 is 2.67 bits per heavy atom. The number of nitrogens with zero attached hydrogens (tertiary/aromatic N) is 1. The molecule has 1 aromatic carbocycles. The summed E-state index contributed by atoms with van der Waals surface area (Å²) >= 11 is 3.49. The average Bonchev–Trinajstić information content (AvgIpc) is 2.59. The van der Waals surface area contributed by atoms with Crippen LogP contribution < -0.4 is 15.4 Å². The molecule has 7 heteroatoms. The number of benzene rings is 1. The summed E-state index contributed by atoms with van der Waals surface area (Å²) in [7, 11) is 3.33. The Labute approximate surface area is 153 Å².